The largest absolute Gasteiger partial charge is 0.460 e. The van der Waals surface area contributed by atoms with E-state index in [0.29, 0.717) is 33.9 Å². The van der Waals surface area contributed by atoms with Crippen LogP contribution in [0.25, 0.3) is 11.1 Å². The molecule has 7 rings (SSSR count). The van der Waals surface area contributed by atoms with Crippen molar-refractivity contribution in [2.24, 2.45) is 4.99 Å². The summed E-state index contributed by atoms with van der Waals surface area (Å²) in [5.41, 5.74) is 5.21. The predicted octanol–water partition coefficient (Wildman–Crippen LogP) is 5.64. The number of nitrogens with zero attached hydrogens (tertiary/aromatic N) is 5. The van der Waals surface area contributed by atoms with Crippen LogP contribution >= 0.6 is 11.6 Å². The molecule has 2 aliphatic rings. The fourth-order valence-corrected chi connectivity index (χ4v) is 6.02. The van der Waals surface area contributed by atoms with Crippen molar-refractivity contribution >= 4 is 35.2 Å². The topological polar surface area (TPSA) is 138 Å². The molecule has 1 aliphatic heterocycles. The van der Waals surface area contributed by atoms with E-state index in [4.69, 9.17) is 26.1 Å². The molecule has 13 heteroatoms. The van der Waals surface area contributed by atoms with Crippen molar-refractivity contribution in [3.63, 3.8) is 0 Å². The second kappa shape index (κ2) is 13.2. The Hall–Kier alpha value is -6.01. The number of hydrogen-bond acceptors (Lipinski definition) is 10. The van der Waals surface area contributed by atoms with E-state index in [0.717, 1.165) is 16.7 Å². The standard InChI is InChI=1S/C36H26ClFN6O5/c1-20-31(32(28-9-7-23(38)17-30(28)37)41-34(40-20)21-10-12-39-13-11-21)36(47)48-15-14-44-18-24(42-43-44)19-49-35(46)22-6-8-26-25-4-2-3-5-27(25)33(45)29(26)16-22/h2-13,16-18,32H,14-15,19H2,1H3,(H,40,41). The van der Waals surface area contributed by atoms with Gasteiger partial charge in [0.05, 0.1) is 23.9 Å². The second-order valence-electron chi connectivity index (χ2n) is 11.3. The maximum absolute atomic E-state index is 13.9. The zero-order chi connectivity index (χ0) is 34.1. The number of carbonyl (C=O) groups excluding carboxylic acids is 3. The molecule has 0 fully saturated rings. The molecule has 2 aromatic heterocycles. The lowest BCUT2D eigenvalue weighted by Crippen LogP contribution is -2.33. The Kier molecular flexibility index (Phi) is 8.54. The summed E-state index contributed by atoms with van der Waals surface area (Å²) in [5.74, 6) is -1.40. The van der Waals surface area contributed by atoms with Gasteiger partial charge in [0.15, 0.2) is 5.78 Å². The van der Waals surface area contributed by atoms with Gasteiger partial charge in [-0.3, -0.25) is 14.8 Å². The molecular formula is C36H26ClFN6O5. The average molecular weight is 677 g/mol. The van der Waals surface area contributed by atoms with Gasteiger partial charge in [0.25, 0.3) is 0 Å². The van der Waals surface area contributed by atoms with Gasteiger partial charge in [0, 0.05) is 45.4 Å². The summed E-state index contributed by atoms with van der Waals surface area (Å²) in [7, 11) is 0. The molecule has 0 radical (unpaired) electrons. The van der Waals surface area contributed by atoms with E-state index in [9.17, 15) is 18.8 Å². The Morgan fingerprint density at radius 1 is 0.939 bits per heavy atom. The molecule has 1 unspecified atom stereocenters. The van der Waals surface area contributed by atoms with Crippen molar-refractivity contribution in [3.8, 4) is 11.1 Å². The Balaban J connectivity index is 0.976. The number of aliphatic imine (C=N–C) groups is 1. The summed E-state index contributed by atoms with van der Waals surface area (Å²) in [6.45, 7) is 1.67. The lowest BCUT2D eigenvalue weighted by molar-refractivity contribution is -0.139. The lowest BCUT2D eigenvalue weighted by atomic mass is 9.95. The number of halogens is 2. The fourth-order valence-electron chi connectivity index (χ4n) is 5.75. The first-order chi connectivity index (χ1) is 23.8. The number of aromatic nitrogens is 4. The first-order valence-corrected chi connectivity index (χ1v) is 15.6. The predicted molar refractivity (Wildman–Crippen MR) is 176 cm³/mol. The van der Waals surface area contributed by atoms with Crippen LogP contribution in [0.5, 0.6) is 0 Å². The van der Waals surface area contributed by atoms with E-state index in [1.165, 1.54) is 22.9 Å². The number of nitrogens with one attached hydrogen (secondary N) is 1. The SMILES string of the molecule is CC1=C(C(=O)OCCn2cc(COC(=O)c3ccc4c(c3)C(=O)c3ccccc3-4)nn2)C(c2ccc(F)cc2Cl)N=C(c2ccncc2)N1. The molecule has 0 saturated heterocycles. The number of ether oxygens (including phenoxy) is 2. The number of allylic oxidation sites excluding steroid dienone is 1. The second-order valence-corrected chi connectivity index (χ2v) is 11.7. The molecule has 1 atom stereocenters. The van der Waals surface area contributed by atoms with Crippen molar-refractivity contribution in [2.75, 3.05) is 6.61 Å². The summed E-state index contributed by atoms with van der Waals surface area (Å²) in [6.07, 6.45) is 4.82. The molecule has 5 aromatic rings. The number of fused-ring (bicyclic) bond motifs is 3. The van der Waals surface area contributed by atoms with Crippen molar-refractivity contribution in [1.82, 2.24) is 25.3 Å². The molecule has 49 heavy (non-hydrogen) atoms. The van der Waals surface area contributed by atoms with Crippen LogP contribution in [-0.2, 0) is 27.4 Å². The van der Waals surface area contributed by atoms with Crippen LogP contribution < -0.4 is 5.32 Å². The normalized spacial score (nSPS) is 14.9. The molecule has 1 N–H and O–H groups in total. The van der Waals surface area contributed by atoms with Crippen LogP contribution in [-0.4, -0.2) is 50.1 Å². The number of rotatable bonds is 9. The van der Waals surface area contributed by atoms with Gasteiger partial charge < -0.3 is 14.8 Å². The zero-order valence-electron chi connectivity index (χ0n) is 25.9. The summed E-state index contributed by atoms with van der Waals surface area (Å²) >= 11 is 6.41. The molecule has 0 bridgehead atoms. The van der Waals surface area contributed by atoms with E-state index in [1.54, 1.807) is 68.0 Å². The third-order valence-corrected chi connectivity index (χ3v) is 8.45. The minimum absolute atomic E-state index is 0.0610. The van der Waals surface area contributed by atoms with E-state index in [2.05, 4.69) is 20.6 Å². The van der Waals surface area contributed by atoms with Crippen LogP contribution in [0.2, 0.25) is 5.02 Å². The number of pyridine rings is 1. The molecular weight excluding hydrogens is 651 g/mol. The summed E-state index contributed by atoms with van der Waals surface area (Å²) in [5, 5.41) is 11.3. The van der Waals surface area contributed by atoms with Gasteiger partial charge in [0.1, 0.15) is 36.6 Å². The maximum Gasteiger partial charge on any atom is 0.338 e. The van der Waals surface area contributed by atoms with Crippen LogP contribution in [0.4, 0.5) is 4.39 Å². The minimum atomic E-state index is -0.864. The van der Waals surface area contributed by atoms with Crippen molar-refractivity contribution in [3.05, 3.63) is 147 Å². The number of benzene rings is 3. The van der Waals surface area contributed by atoms with E-state index < -0.39 is 23.8 Å². The van der Waals surface area contributed by atoms with Crippen molar-refractivity contribution in [2.45, 2.75) is 26.1 Å². The highest BCUT2D eigenvalue weighted by molar-refractivity contribution is 6.31. The van der Waals surface area contributed by atoms with Crippen LogP contribution in [0.3, 0.4) is 0 Å². The highest BCUT2D eigenvalue weighted by atomic mass is 35.5. The third-order valence-electron chi connectivity index (χ3n) is 8.12. The van der Waals surface area contributed by atoms with E-state index in [1.807, 2.05) is 12.1 Å². The highest BCUT2D eigenvalue weighted by Gasteiger charge is 2.32. The quantitative estimate of drug-likeness (QED) is 0.193. The first kappa shape index (κ1) is 31.6. The van der Waals surface area contributed by atoms with Gasteiger partial charge >= 0.3 is 11.9 Å². The third kappa shape index (κ3) is 6.33. The number of esters is 2. The molecule has 3 heterocycles. The fraction of sp³-hybridized carbons (Fsp3) is 0.139. The number of hydrogen-bond donors (Lipinski definition) is 1. The van der Waals surface area contributed by atoms with Crippen LogP contribution in [0, 0.1) is 5.82 Å². The monoisotopic (exact) mass is 676 g/mol. The Morgan fingerprint density at radius 2 is 1.71 bits per heavy atom. The molecule has 11 nitrogen and oxygen atoms in total. The van der Waals surface area contributed by atoms with Gasteiger partial charge in [-0.2, -0.15) is 0 Å². The van der Waals surface area contributed by atoms with Gasteiger partial charge in [-0.05, 0) is 54.4 Å². The number of carbonyl (C=O) groups is 3. The average Bonchev–Trinajstić information content (AvgIpc) is 3.68. The smallest absolute Gasteiger partial charge is 0.338 e. The zero-order valence-corrected chi connectivity index (χ0v) is 26.6. The van der Waals surface area contributed by atoms with Crippen molar-refractivity contribution < 1.29 is 28.2 Å². The Bertz CT molecular complexity index is 2200. The minimum Gasteiger partial charge on any atom is -0.460 e. The molecule has 0 spiro atoms. The first-order valence-electron chi connectivity index (χ1n) is 15.2. The lowest BCUT2D eigenvalue weighted by Gasteiger charge is -2.27. The summed E-state index contributed by atoms with van der Waals surface area (Å²) < 4.78 is 26.4. The Labute approximate surface area is 284 Å². The van der Waals surface area contributed by atoms with Gasteiger partial charge in [-0.25, -0.2) is 18.7 Å². The summed E-state index contributed by atoms with van der Waals surface area (Å²) in [6, 6.07) is 18.8. The molecule has 0 amide bonds. The van der Waals surface area contributed by atoms with Crippen molar-refractivity contribution in [1.29, 1.82) is 0 Å². The molecule has 0 saturated carbocycles. The van der Waals surface area contributed by atoms with Crippen LogP contribution in [0.1, 0.15) is 56.1 Å². The molecule has 244 valence electrons. The van der Waals surface area contributed by atoms with E-state index in [-0.39, 0.29) is 41.7 Å². The van der Waals surface area contributed by atoms with Gasteiger partial charge in [-0.1, -0.05) is 53.2 Å². The van der Waals surface area contributed by atoms with Gasteiger partial charge in [0.2, 0.25) is 0 Å². The highest BCUT2D eigenvalue weighted by Crippen LogP contribution is 2.38. The maximum atomic E-state index is 13.9. The summed E-state index contributed by atoms with van der Waals surface area (Å²) in [4.78, 5) is 47.8. The molecule has 3 aromatic carbocycles. The Morgan fingerprint density at radius 3 is 2.51 bits per heavy atom. The van der Waals surface area contributed by atoms with Gasteiger partial charge in [-0.15, -0.1) is 5.10 Å². The molecule has 1 aliphatic carbocycles. The number of amidine groups is 1. The van der Waals surface area contributed by atoms with E-state index >= 15 is 0 Å². The van der Waals surface area contributed by atoms with Crippen LogP contribution in [0.15, 0.2) is 108 Å². The number of ketones is 1.